The molecule has 14 heavy (non-hydrogen) atoms. The molecule has 0 radical (unpaired) electrons. The van der Waals surface area contributed by atoms with Gasteiger partial charge in [0, 0.05) is 19.2 Å². The highest BCUT2D eigenvalue weighted by atomic mass is 16.5. The molecular weight excluding hydrogens is 180 g/mol. The van der Waals surface area contributed by atoms with Gasteiger partial charge in [0.1, 0.15) is 5.54 Å². The molecule has 1 aliphatic rings. The van der Waals surface area contributed by atoms with Crippen molar-refractivity contribution >= 4 is 5.91 Å². The minimum absolute atomic E-state index is 0.0208. The fourth-order valence-electron chi connectivity index (χ4n) is 1.78. The van der Waals surface area contributed by atoms with Gasteiger partial charge in [-0.25, -0.2) is 0 Å². The first-order chi connectivity index (χ1) is 6.51. The molecule has 1 unspecified atom stereocenters. The molecular formula is C10H20N2O2. The fraction of sp³-hybridized carbons (Fsp3) is 0.900. The number of hydrogen-bond acceptors (Lipinski definition) is 3. The Morgan fingerprint density at radius 2 is 2.29 bits per heavy atom. The summed E-state index contributed by atoms with van der Waals surface area (Å²) >= 11 is 0. The van der Waals surface area contributed by atoms with Crippen LogP contribution in [-0.4, -0.2) is 42.1 Å². The third-order valence-corrected chi connectivity index (χ3v) is 2.70. The number of carbonyl (C=O) groups is 1. The summed E-state index contributed by atoms with van der Waals surface area (Å²) < 4.78 is 5.18. The fourth-order valence-corrected chi connectivity index (χ4v) is 1.78. The van der Waals surface area contributed by atoms with Crippen LogP contribution in [0.1, 0.15) is 27.2 Å². The molecule has 0 aromatic rings. The highest BCUT2D eigenvalue weighted by molar-refractivity contribution is 5.86. The summed E-state index contributed by atoms with van der Waals surface area (Å²) in [6, 6.07) is 0.202. The van der Waals surface area contributed by atoms with Crippen LogP contribution in [0.3, 0.4) is 0 Å². The van der Waals surface area contributed by atoms with Crippen molar-refractivity contribution in [1.82, 2.24) is 4.90 Å². The molecule has 0 spiro atoms. The van der Waals surface area contributed by atoms with E-state index in [1.54, 1.807) is 4.90 Å². The van der Waals surface area contributed by atoms with E-state index in [4.69, 9.17) is 10.5 Å². The highest BCUT2D eigenvalue weighted by Crippen LogP contribution is 2.19. The maximum absolute atomic E-state index is 12.1. The second kappa shape index (κ2) is 4.28. The van der Waals surface area contributed by atoms with Gasteiger partial charge < -0.3 is 15.4 Å². The molecule has 1 saturated heterocycles. The van der Waals surface area contributed by atoms with Crippen LogP contribution in [0.25, 0.3) is 0 Å². The van der Waals surface area contributed by atoms with Crippen LogP contribution in [0.4, 0.5) is 0 Å². The van der Waals surface area contributed by atoms with Crippen molar-refractivity contribution in [2.45, 2.75) is 38.8 Å². The van der Waals surface area contributed by atoms with E-state index < -0.39 is 5.54 Å². The van der Waals surface area contributed by atoms with Crippen molar-refractivity contribution < 1.29 is 9.53 Å². The molecule has 1 aliphatic heterocycles. The van der Waals surface area contributed by atoms with Crippen molar-refractivity contribution in [3.8, 4) is 0 Å². The summed E-state index contributed by atoms with van der Waals surface area (Å²) in [6.07, 6.45) is 0.634. The molecule has 0 saturated carbocycles. The zero-order valence-corrected chi connectivity index (χ0v) is 9.25. The van der Waals surface area contributed by atoms with E-state index in [2.05, 4.69) is 0 Å². The average molecular weight is 200 g/mol. The molecule has 82 valence electrons. The Morgan fingerprint density at radius 3 is 2.64 bits per heavy atom. The van der Waals surface area contributed by atoms with E-state index in [-0.39, 0.29) is 11.9 Å². The molecule has 0 aromatic carbocycles. The summed E-state index contributed by atoms with van der Waals surface area (Å²) in [7, 11) is 0. The number of carbonyl (C=O) groups excluding carboxylic acids is 1. The maximum atomic E-state index is 12.1. The van der Waals surface area contributed by atoms with Gasteiger partial charge >= 0.3 is 0 Å². The third-order valence-electron chi connectivity index (χ3n) is 2.70. The summed E-state index contributed by atoms with van der Waals surface area (Å²) in [4.78, 5) is 13.9. The van der Waals surface area contributed by atoms with E-state index in [0.29, 0.717) is 26.2 Å². The Labute approximate surface area is 85.4 Å². The number of hydrogen-bond donors (Lipinski definition) is 1. The normalized spacial score (nSPS) is 26.9. The maximum Gasteiger partial charge on any atom is 0.245 e. The van der Waals surface area contributed by atoms with Crippen molar-refractivity contribution in [1.29, 1.82) is 0 Å². The Balaban J connectivity index is 2.71. The van der Waals surface area contributed by atoms with Crippen LogP contribution >= 0.6 is 0 Å². The van der Waals surface area contributed by atoms with Crippen LogP contribution in [0.2, 0.25) is 0 Å². The molecule has 1 heterocycles. The van der Waals surface area contributed by atoms with Crippen LogP contribution in [0.15, 0.2) is 0 Å². The zero-order chi connectivity index (χ0) is 10.8. The first kappa shape index (κ1) is 11.5. The molecule has 4 heteroatoms. The topological polar surface area (TPSA) is 55.6 Å². The smallest absolute Gasteiger partial charge is 0.245 e. The number of ether oxygens (including phenoxy) is 1. The lowest BCUT2D eigenvalue weighted by molar-refractivity contribution is -0.138. The van der Waals surface area contributed by atoms with Gasteiger partial charge in [-0.05, 0) is 27.2 Å². The first-order valence-corrected chi connectivity index (χ1v) is 5.19. The Kier molecular flexibility index (Phi) is 3.50. The quantitative estimate of drug-likeness (QED) is 0.715. The van der Waals surface area contributed by atoms with Crippen molar-refractivity contribution in [3.05, 3.63) is 0 Å². The third kappa shape index (κ3) is 2.07. The van der Waals surface area contributed by atoms with E-state index >= 15 is 0 Å². The van der Waals surface area contributed by atoms with Gasteiger partial charge in [-0.3, -0.25) is 4.79 Å². The SMILES string of the molecule is CCN(C(=O)C1(N)CCOC1)C(C)C. The lowest BCUT2D eigenvalue weighted by Crippen LogP contribution is -2.57. The number of likely N-dealkylation sites (N-methyl/N-ethyl adjacent to an activating group) is 1. The minimum Gasteiger partial charge on any atom is -0.379 e. The summed E-state index contributed by atoms with van der Waals surface area (Å²) in [6.45, 7) is 7.63. The lowest BCUT2D eigenvalue weighted by atomic mass is 9.97. The second-order valence-corrected chi connectivity index (χ2v) is 4.14. The number of nitrogens with two attached hydrogens (primary N) is 1. The van der Waals surface area contributed by atoms with Gasteiger partial charge in [-0.2, -0.15) is 0 Å². The van der Waals surface area contributed by atoms with E-state index in [0.717, 1.165) is 0 Å². The zero-order valence-electron chi connectivity index (χ0n) is 9.25. The van der Waals surface area contributed by atoms with Crippen molar-refractivity contribution in [2.75, 3.05) is 19.8 Å². The van der Waals surface area contributed by atoms with Crippen LogP contribution < -0.4 is 5.73 Å². The molecule has 1 atom stereocenters. The molecule has 1 rings (SSSR count). The summed E-state index contributed by atoms with van der Waals surface area (Å²) in [5.41, 5.74) is 5.22. The minimum atomic E-state index is -0.777. The standard InChI is InChI=1S/C10H20N2O2/c1-4-12(8(2)3)9(13)10(11)5-6-14-7-10/h8H,4-7,11H2,1-3H3. The largest absolute Gasteiger partial charge is 0.379 e. The van der Waals surface area contributed by atoms with Crippen LogP contribution in [0, 0.1) is 0 Å². The number of rotatable bonds is 3. The molecule has 2 N–H and O–H groups in total. The molecule has 1 fully saturated rings. The van der Waals surface area contributed by atoms with E-state index in [1.807, 2.05) is 20.8 Å². The van der Waals surface area contributed by atoms with Gasteiger partial charge in [0.2, 0.25) is 5.91 Å². The number of nitrogens with zero attached hydrogens (tertiary/aromatic N) is 1. The predicted molar refractivity (Wildman–Crippen MR) is 54.9 cm³/mol. The van der Waals surface area contributed by atoms with Gasteiger partial charge in [0.25, 0.3) is 0 Å². The van der Waals surface area contributed by atoms with Gasteiger partial charge in [0.05, 0.1) is 6.61 Å². The monoisotopic (exact) mass is 200 g/mol. The predicted octanol–water partition coefficient (Wildman–Crippen LogP) is 0.361. The number of amides is 1. The molecule has 0 aliphatic carbocycles. The Bertz CT molecular complexity index is 210. The van der Waals surface area contributed by atoms with Crippen molar-refractivity contribution in [3.63, 3.8) is 0 Å². The summed E-state index contributed by atoms with van der Waals surface area (Å²) in [5.74, 6) is 0.0208. The van der Waals surface area contributed by atoms with Crippen LogP contribution in [-0.2, 0) is 9.53 Å². The highest BCUT2D eigenvalue weighted by Gasteiger charge is 2.41. The van der Waals surface area contributed by atoms with Crippen LogP contribution in [0.5, 0.6) is 0 Å². The molecule has 4 nitrogen and oxygen atoms in total. The molecule has 0 bridgehead atoms. The second-order valence-electron chi connectivity index (χ2n) is 4.14. The molecule has 1 amide bonds. The Hall–Kier alpha value is -0.610. The summed E-state index contributed by atoms with van der Waals surface area (Å²) in [5, 5.41) is 0. The van der Waals surface area contributed by atoms with Gasteiger partial charge in [-0.1, -0.05) is 0 Å². The van der Waals surface area contributed by atoms with E-state index in [9.17, 15) is 4.79 Å². The first-order valence-electron chi connectivity index (χ1n) is 5.19. The van der Waals surface area contributed by atoms with Crippen molar-refractivity contribution in [2.24, 2.45) is 5.73 Å². The van der Waals surface area contributed by atoms with Gasteiger partial charge in [-0.15, -0.1) is 0 Å². The lowest BCUT2D eigenvalue weighted by Gasteiger charge is -2.32. The average Bonchev–Trinajstić information content (AvgIpc) is 2.54. The van der Waals surface area contributed by atoms with Gasteiger partial charge in [0.15, 0.2) is 0 Å². The van der Waals surface area contributed by atoms with E-state index in [1.165, 1.54) is 0 Å². The molecule has 0 aromatic heterocycles. The Morgan fingerprint density at radius 1 is 1.64 bits per heavy atom.